The molecule has 1 rings (SSSR count). The molecule has 0 bridgehead atoms. The predicted octanol–water partition coefficient (Wildman–Crippen LogP) is 4.74. The molecule has 0 aromatic rings. The Morgan fingerprint density at radius 1 is 0.786 bits per heavy atom. The monoisotopic (exact) mass is 196 g/mol. The summed E-state index contributed by atoms with van der Waals surface area (Å²) in [5.41, 5.74) is 0. The molecule has 0 heterocycles. The van der Waals surface area contributed by atoms with E-state index in [1.807, 2.05) is 0 Å². The predicted molar refractivity (Wildman–Crippen MR) is 64.3 cm³/mol. The summed E-state index contributed by atoms with van der Waals surface area (Å²) in [4.78, 5) is 0. The van der Waals surface area contributed by atoms with Crippen LogP contribution in [0.2, 0.25) is 0 Å². The SMILES string of the molecule is CCCC(CCC)C1C(C)C(C)C1C. The number of hydrogen-bond acceptors (Lipinski definition) is 0. The summed E-state index contributed by atoms with van der Waals surface area (Å²) < 4.78 is 0. The van der Waals surface area contributed by atoms with E-state index in [-0.39, 0.29) is 0 Å². The van der Waals surface area contributed by atoms with Crippen molar-refractivity contribution in [2.45, 2.75) is 60.3 Å². The molecule has 0 heteroatoms. The van der Waals surface area contributed by atoms with Crippen LogP contribution < -0.4 is 0 Å². The lowest BCUT2D eigenvalue weighted by atomic mass is 9.53. The Labute approximate surface area is 90.5 Å². The van der Waals surface area contributed by atoms with E-state index in [0.29, 0.717) is 0 Å². The first-order valence-electron chi connectivity index (χ1n) is 6.63. The summed E-state index contributed by atoms with van der Waals surface area (Å²) in [7, 11) is 0. The van der Waals surface area contributed by atoms with Crippen molar-refractivity contribution in [3.8, 4) is 0 Å². The Morgan fingerprint density at radius 3 is 1.57 bits per heavy atom. The van der Waals surface area contributed by atoms with Crippen molar-refractivity contribution in [3.05, 3.63) is 0 Å². The van der Waals surface area contributed by atoms with Gasteiger partial charge < -0.3 is 0 Å². The Hall–Kier alpha value is 0. The zero-order valence-electron chi connectivity index (χ0n) is 10.7. The van der Waals surface area contributed by atoms with Crippen LogP contribution >= 0.6 is 0 Å². The van der Waals surface area contributed by atoms with Crippen LogP contribution in [-0.2, 0) is 0 Å². The van der Waals surface area contributed by atoms with E-state index in [4.69, 9.17) is 0 Å². The molecule has 2 atom stereocenters. The van der Waals surface area contributed by atoms with E-state index in [1.54, 1.807) is 0 Å². The van der Waals surface area contributed by atoms with Crippen LogP contribution in [0.1, 0.15) is 60.3 Å². The molecule has 0 aliphatic heterocycles. The average Bonchev–Trinajstić information content (AvgIpc) is 2.18. The summed E-state index contributed by atoms with van der Waals surface area (Å²) in [6.07, 6.45) is 5.66. The van der Waals surface area contributed by atoms with Crippen molar-refractivity contribution in [3.63, 3.8) is 0 Å². The van der Waals surface area contributed by atoms with Crippen LogP contribution in [-0.4, -0.2) is 0 Å². The molecule has 1 saturated carbocycles. The Morgan fingerprint density at radius 2 is 1.21 bits per heavy atom. The Bertz CT molecular complexity index is 145. The van der Waals surface area contributed by atoms with Gasteiger partial charge in [-0.3, -0.25) is 0 Å². The minimum absolute atomic E-state index is 0.969. The number of rotatable bonds is 5. The van der Waals surface area contributed by atoms with Crippen LogP contribution in [0.15, 0.2) is 0 Å². The number of hydrogen-bond donors (Lipinski definition) is 0. The molecule has 0 aromatic carbocycles. The second-order valence-electron chi connectivity index (χ2n) is 5.49. The molecule has 0 spiro atoms. The second kappa shape index (κ2) is 5.19. The molecule has 84 valence electrons. The lowest BCUT2D eigenvalue weighted by Crippen LogP contribution is -2.46. The van der Waals surface area contributed by atoms with Crippen molar-refractivity contribution in [2.75, 3.05) is 0 Å². The lowest BCUT2D eigenvalue weighted by molar-refractivity contribution is -0.0335. The molecule has 1 aliphatic carbocycles. The molecule has 0 amide bonds. The summed E-state index contributed by atoms with van der Waals surface area (Å²) in [5, 5.41) is 0. The molecule has 1 fully saturated rings. The fourth-order valence-corrected chi connectivity index (χ4v) is 3.64. The lowest BCUT2D eigenvalue weighted by Gasteiger charge is -2.52. The van der Waals surface area contributed by atoms with Gasteiger partial charge in [0.15, 0.2) is 0 Å². The average molecular weight is 196 g/mol. The normalized spacial score (nSPS) is 37.3. The van der Waals surface area contributed by atoms with Gasteiger partial charge in [-0.25, -0.2) is 0 Å². The fourth-order valence-electron chi connectivity index (χ4n) is 3.64. The van der Waals surface area contributed by atoms with Crippen LogP contribution in [0.4, 0.5) is 0 Å². The van der Waals surface area contributed by atoms with Gasteiger partial charge in [-0.05, 0) is 29.6 Å². The third kappa shape index (κ3) is 2.15. The molecule has 14 heavy (non-hydrogen) atoms. The van der Waals surface area contributed by atoms with Crippen LogP contribution in [0, 0.1) is 29.6 Å². The van der Waals surface area contributed by atoms with Gasteiger partial charge in [0.25, 0.3) is 0 Å². The molecule has 0 radical (unpaired) electrons. The highest BCUT2D eigenvalue weighted by Crippen LogP contribution is 2.51. The van der Waals surface area contributed by atoms with Gasteiger partial charge in [0.2, 0.25) is 0 Å². The maximum Gasteiger partial charge on any atom is -0.0329 e. The van der Waals surface area contributed by atoms with Gasteiger partial charge in [-0.2, -0.15) is 0 Å². The molecular weight excluding hydrogens is 168 g/mol. The first kappa shape index (κ1) is 12.1. The van der Waals surface area contributed by atoms with E-state index in [2.05, 4.69) is 34.6 Å². The molecule has 0 aromatic heterocycles. The minimum atomic E-state index is 0.969. The topological polar surface area (TPSA) is 0 Å². The van der Waals surface area contributed by atoms with Gasteiger partial charge in [0.1, 0.15) is 0 Å². The van der Waals surface area contributed by atoms with Gasteiger partial charge in [0.05, 0.1) is 0 Å². The highest BCUT2D eigenvalue weighted by molar-refractivity contribution is 4.93. The fraction of sp³-hybridized carbons (Fsp3) is 1.00. The van der Waals surface area contributed by atoms with Crippen molar-refractivity contribution in [1.29, 1.82) is 0 Å². The third-order valence-electron chi connectivity index (χ3n) is 4.74. The minimum Gasteiger partial charge on any atom is -0.0654 e. The van der Waals surface area contributed by atoms with Crippen molar-refractivity contribution in [1.82, 2.24) is 0 Å². The van der Waals surface area contributed by atoms with E-state index >= 15 is 0 Å². The van der Waals surface area contributed by atoms with Gasteiger partial charge in [0, 0.05) is 0 Å². The van der Waals surface area contributed by atoms with E-state index < -0.39 is 0 Å². The van der Waals surface area contributed by atoms with Crippen molar-refractivity contribution in [2.24, 2.45) is 29.6 Å². The highest BCUT2D eigenvalue weighted by atomic mass is 14.5. The van der Waals surface area contributed by atoms with Crippen LogP contribution in [0.25, 0.3) is 0 Å². The summed E-state index contributed by atoms with van der Waals surface area (Å²) in [5.74, 6) is 4.98. The highest BCUT2D eigenvalue weighted by Gasteiger charge is 2.44. The largest absolute Gasteiger partial charge is 0.0654 e. The molecule has 0 N–H and O–H groups in total. The van der Waals surface area contributed by atoms with E-state index in [9.17, 15) is 0 Å². The molecule has 0 saturated heterocycles. The molecule has 0 nitrogen and oxygen atoms in total. The summed E-state index contributed by atoms with van der Waals surface area (Å²) in [6, 6.07) is 0. The first-order valence-corrected chi connectivity index (χ1v) is 6.63. The second-order valence-corrected chi connectivity index (χ2v) is 5.49. The molecule has 1 aliphatic rings. The smallest absolute Gasteiger partial charge is 0.0329 e. The first-order chi connectivity index (χ1) is 6.63. The van der Waals surface area contributed by atoms with Gasteiger partial charge in [-0.15, -0.1) is 0 Å². The Balaban J connectivity index is 2.51. The summed E-state index contributed by atoms with van der Waals surface area (Å²) >= 11 is 0. The van der Waals surface area contributed by atoms with E-state index in [1.165, 1.54) is 25.7 Å². The van der Waals surface area contributed by atoms with Gasteiger partial charge in [-0.1, -0.05) is 60.3 Å². The molecular formula is C14H28. The Kier molecular flexibility index (Phi) is 4.47. The van der Waals surface area contributed by atoms with Crippen LogP contribution in [0.3, 0.4) is 0 Å². The standard InChI is InChI=1S/C14H28/c1-6-8-13(9-7-2)14-11(4)10(3)12(14)5/h10-14H,6-9H2,1-5H3. The van der Waals surface area contributed by atoms with Gasteiger partial charge >= 0.3 is 0 Å². The maximum atomic E-state index is 2.47. The quantitative estimate of drug-likeness (QED) is 0.595. The van der Waals surface area contributed by atoms with Crippen LogP contribution in [0.5, 0.6) is 0 Å². The zero-order chi connectivity index (χ0) is 10.7. The van der Waals surface area contributed by atoms with Crippen molar-refractivity contribution >= 4 is 0 Å². The summed E-state index contributed by atoms with van der Waals surface area (Å²) in [6.45, 7) is 12.0. The van der Waals surface area contributed by atoms with E-state index in [0.717, 1.165) is 29.6 Å². The maximum absolute atomic E-state index is 2.47. The zero-order valence-corrected chi connectivity index (χ0v) is 10.7. The molecule has 2 unspecified atom stereocenters. The third-order valence-corrected chi connectivity index (χ3v) is 4.74. The van der Waals surface area contributed by atoms with Crippen molar-refractivity contribution < 1.29 is 0 Å².